The molecule has 0 spiro atoms. The molecule has 1 aromatic carbocycles. The molecule has 1 aliphatic rings. The Balaban J connectivity index is 1.76. The summed E-state index contributed by atoms with van der Waals surface area (Å²) in [6.45, 7) is 3.46. The zero-order chi connectivity index (χ0) is 21.1. The molecule has 0 amide bonds. The van der Waals surface area contributed by atoms with E-state index >= 15 is 0 Å². The fraction of sp³-hybridized carbons (Fsp3) is 0.364. The minimum absolute atomic E-state index is 0.0718. The van der Waals surface area contributed by atoms with Crippen molar-refractivity contribution in [3.63, 3.8) is 0 Å². The molecule has 3 aromatic rings. The Bertz CT molecular complexity index is 1190. The van der Waals surface area contributed by atoms with Crippen molar-refractivity contribution < 1.29 is 4.79 Å². The quantitative estimate of drug-likeness (QED) is 0.510. The average molecular weight is 404 g/mol. The number of piperidine rings is 1. The molecule has 1 atom stereocenters. The molecule has 2 aromatic heterocycles. The molecular weight excluding hydrogens is 380 g/mol. The molecule has 0 aliphatic carbocycles. The van der Waals surface area contributed by atoms with E-state index in [1.807, 2.05) is 10.6 Å². The third-order valence-corrected chi connectivity index (χ3v) is 5.27. The number of rotatable bonds is 5. The molecule has 3 heterocycles. The molecule has 0 bridgehead atoms. The zero-order valence-corrected chi connectivity index (χ0v) is 16.9. The number of fused-ring (bicyclic) bond motifs is 1. The second-order valence-corrected chi connectivity index (χ2v) is 7.40. The maximum Gasteiger partial charge on any atom is 0.293 e. The first-order valence-corrected chi connectivity index (χ1v) is 10.0. The first-order chi connectivity index (χ1) is 14.6. The Morgan fingerprint density at radius 3 is 2.83 bits per heavy atom. The van der Waals surface area contributed by atoms with Crippen LogP contribution in [0.3, 0.4) is 0 Å². The maximum absolute atomic E-state index is 13.2. The van der Waals surface area contributed by atoms with Gasteiger partial charge in [-0.3, -0.25) is 14.2 Å². The van der Waals surface area contributed by atoms with Crippen LogP contribution >= 0.6 is 0 Å². The molecule has 154 valence electrons. The molecule has 0 radical (unpaired) electrons. The number of carbonyl (C=O) groups is 1. The van der Waals surface area contributed by atoms with E-state index in [-0.39, 0.29) is 23.9 Å². The largest absolute Gasteiger partial charge is 0.341 e. The Morgan fingerprint density at radius 1 is 1.30 bits per heavy atom. The monoisotopic (exact) mass is 404 g/mol. The van der Waals surface area contributed by atoms with Gasteiger partial charge < -0.3 is 10.6 Å². The van der Waals surface area contributed by atoms with Crippen molar-refractivity contribution in [1.29, 1.82) is 0 Å². The minimum atomic E-state index is -0.352. The topological polar surface area (TPSA) is 99.0 Å². The number of imidazole rings is 1. The third-order valence-electron chi connectivity index (χ3n) is 5.27. The molecule has 2 N–H and O–H groups in total. The lowest BCUT2D eigenvalue weighted by molar-refractivity contribution is 0.0966. The summed E-state index contributed by atoms with van der Waals surface area (Å²) in [4.78, 5) is 32.6. The zero-order valence-electron chi connectivity index (χ0n) is 16.9. The number of nitrogens with two attached hydrogens (primary N) is 1. The molecular formula is C22H24N6O2. The number of nitrogens with zero attached hydrogens (tertiary/aromatic N) is 5. The summed E-state index contributed by atoms with van der Waals surface area (Å²) in [6, 6.07) is 8.95. The minimum Gasteiger partial charge on any atom is -0.341 e. The predicted octanol–water partition coefficient (Wildman–Crippen LogP) is 1.43. The smallest absolute Gasteiger partial charge is 0.293 e. The van der Waals surface area contributed by atoms with E-state index in [4.69, 9.17) is 5.73 Å². The molecule has 0 saturated carbocycles. The Kier molecular flexibility index (Phi) is 5.63. The number of hydrogen-bond acceptors (Lipinski definition) is 6. The Labute approximate surface area is 174 Å². The van der Waals surface area contributed by atoms with Crippen LogP contribution in [-0.2, 0) is 13.1 Å². The van der Waals surface area contributed by atoms with Crippen LogP contribution in [0.15, 0.2) is 41.3 Å². The van der Waals surface area contributed by atoms with Crippen molar-refractivity contribution in [2.24, 2.45) is 5.73 Å². The van der Waals surface area contributed by atoms with E-state index in [0.29, 0.717) is 35.6 Å². The number of aromatic nitrogens is 4. The van der Waals surface area contributed by atoms with Crippen molar-refractivity contribution in [2.45, 2.75) is 38.9 Å². The highest BCUT2D eigenvalue weighted by molar-refractivity contribution is 5.95. The summed E-state index contributed by atoms with van der Waals surface area (Å²) in [7, 11) is 0. The highest BCUT2D eigenvalue weighted by atomic mass is 16.1. The van der Waals surface area contributed by atoms with E-state index in [1.54, 1.807) is 31.2 Å². The van der Waals surface area contributed by atoms with E-state index in [0.717, 1.165) is 19.4 Å². The molecule has 8 heteroatoms. The standard InChI is InChI=1S/C22H24N6O2/c1-2-3-12-27-20-18(25-22(27)26-11-7-10-17(23)14-26)13-24-28(21(20)30)15-19(29)16-8-5-4-6-9-16/h4-6,8-9,13,17H,7,10-12,14-15,23H2,1H3/t17-/m1/s1. The number of ketones is 1. The highest BCUT2D eigenvalue weighted by Crippen LogP contribution is 2.23. The highest BCUT2D eigenvalue weighted by Gasteiger charge is 2.24. The van der Waals surface area contributed by atoms with Gasteiger partial charge in [-0.15, -0.1) is 5.92 Å². The van der Waals surface area contributed by atoms with E-state index in [9.17, 15) is 9.59 Å². The van der Waals surface area contributed by atoms with Crippen LogP contribution in [0.4, 0.5) is 5.95 Å². The van der Waals surface area contributed by atoms with Crippen LogP contribution in [0.2, 0.25) is 0 Å². The fourth-order valence-electron chi connectivity index (χ4n) is 3.78. The van der Waals surface area contributed by atoms with Gasteiger partial charge in [0.15, 0.2) is 5.78 Å². The lowest BCUT2D eigenvalue weighted by atomic mass is 10.1. The van der Waals surface area contributed by atoms with Crippen molar-refractivity contribution in [3.05, 3.63) is 52.4 Å². The van der Waals surface area contributed by atoms with Gasteiger partial charge in [0.25, 0.3) is 5.56 Å². The van der Waals surface area contributed by atoms with Crippen LogP contribution in [0.1, 0.15) is 30.1 Å². The molecule has 30 heavy (non-hydrogen) atoms. The normalized spacial score (nSPS) is 16.3. The van der Waals surface area contributed by atoms with Gasteiger partial charge >= 0.3 is 0 Å². The lowest BCUT2D eigenvalue weighted by Crippen LogP contribution is -2.44. The van der Waals surface area contributed by atoms with Crippen LogP contribution in [0.5, 0.6) is 0 Å². The van der Waals surface area contributed by atoms with Crippen molar-refractivity contribution in [2.75, 3.05) is 18.0 Å². The number of benzene rings is 1. The lowest BCUT2D eigenvalue weighted by Gasteiger charge is -2.31. The third kappa shape index (κ3) is 3.84. The summed E-state index contributed by atoms with van der Waals surface area (Å²) in [5, 5.41) is 4.19. The second-order valence-electron chi connectivity index (χ2n) is 7.40. The van der Waals surface area contributed by atoms with Crippen LogP contribution in [-0.4, -0.2) is 44.2 Å². The number of Topliss-reactive ketones (excluding diaryl/α,β-unsaturated/α-hetero) is 1. The molecule has 0 unspecified atom stereocenters. The second kappa shape index (κ2) is 8.51. The van der Waals surface area contributed by atoms with E-state index < -0.39 is 0 Å². The maximum atomic E-state index is 13.2. The summed E-state index contributed by atoms with van der Waals surface area (Å²) < 4.78 is 3.01. The molecule has 1 fully saturated rings. The van der Waals surface area contributed by atoms with Crippen LogP contribution in [0, 0.1) is 11.8 Å². The van der Waals surface area contributed by atoms with E-state index in [2.05, 4.69) is 26.8 Å². The van der Waals surface area contributed by atoms with Gasteiger partial charge in [0.1, 0.15) is 17.6 Å². The molecule has 1 aliphatic heterocycles. The number of anilines is 1. The summed E-state index contributed by atoms with van der Waals surface area (Å²) in [6.07, 6.45) is 3.48. The van der Waals surface area contributed by atoms with Gasteiger partial charge in [-0.2, -0.15) is 5.10 Å². The SMILES string of the molecule is CC#CCn1c(N2CCC[C@@H](N)C2)nc2cnn(CC(=O)c3ccccc3)c(=O)c21. The molecule has 4 rings (SSSR count). The van der Waals surface area contributed by atoms with Crippen molar-refractivity contribution in [1.82, 2.24) is 19.3 Å². The number of hydrogen-bond donors (Lipinski definition) is 1. The summed E-state index contributed by atoms with van der Waals surface area (Å²) in [5.41, 5.74) is 7.24. The Hall–Kier alpha value is -3.44. The van der Waals surface area contributed by atoms with Gasteiger partial charge in [0.05, 0.1) is 12.7 Å². The predicted molar refractivity (Wildman–Crippen MR) is 115 cm³/mol. The Morgan fingerprint density at radius 2 is 2.10 bits per heavy atom. The van der Waals surface area contributed by atoms with Crippen LogP contribution in [0.25, 0.3) is 11.0 Å². The summed E-state index contributed by atoms with van der Waals surface area (Å²) in [5.74, 6) is 6.40. The van der Waals surface area contributed by atoms with Gasteiger partial charge in [-0.25, -0.2) is 9.67 Å². The van der Waals surface area contributed by atoms with E-state index in [1.165, 1.54) is 10.9 Å². The average Bonchev–Trinajstić information content (AvgIpc) is 3.14. The molecule has 1 saturated heterocycles. The fourth-order valence-corrected chi connectivity index (χ4v) is 3.78. The number of carbonyl (C=O) groups excluding carboxylic acids is 1. The first-order valence-electron chi connectivity index (χ1n) is 10.0. The van der Waals surface area contributed by atoms with Gasteiger partial charge in [0, 0.05) is 24.7 Å². The molecule has 8 nitrogen and oxygen atoms in total. The van der Waals surface area contributed by atoms with Gasteiger partial charge in [0.2, 0.25) is 5.95 Å². The van der Waals surface area contributed by atoms with Crippen molar-refractivity contribution >= 4 is 22.8 Å². The van der Waals surface area contributed by atoms with Crippen LogP contribution < -0.4 is 16.2 Å². The van der Waals surface area contributed by atoms with Gasteiger partial charge in [-0.1, -0.05) is 36.3 Å². The van der Waals surface area contributed by atoms with Crippen molar-refractivity contribution in [3.8, 4) is 11.8 Å². The summed E-state index contributed by atoms with van der Waals surface area (Å²) >= 11 is 0. The van der Waals surface area contributed by atoms with Gasteiger partial charge in [-0.05, 0) is 19.8 Å². The first kappa shape index (κ1) is 19.9.